The second-order valence-corrected chi connectivity index (χ2v) is 5.88. The molecule has 22 heavy (non-hydrogen) atoms. The summed E-state index contributed by atoms with van der Waals surface area (Å²) < 4.78 is 13.9. The van der Waals surface area contributed by atoms with E-state index in [0.29, 0.717) is 10.4 Å². The van der Waals surface area contributed by atoms with Crippen molar-refractivity contribution in [3.63, 3.8) is 0 Å². The highest BCUT2D eigenvalue weighted by Crippen LogP contribution is 2.26. The van der Waals surface area contributed by atoms with Crippen LogP contribution in [0.15, 0.2) is 48.8 Å². The van der Waals surface area contributed by atoms with Gasteiger partial charge in [0, 0.05) is 23.6 Å². The van der Waals surface area contributed by atoms with Crippen molar-refractivity contribution >= 4 is 27.3 Å². The van der Waals surface area contributed by atoms with E-state index in [-0.39, 0.29) is 18.3 Å². The number of benzene rings is 1. The Morgan fingerprint density at radius 2 is 2.05 bits per heavy atom. The molecule has 1 aromatic carbocycles. The Labute approximate surface area is 130 Å². The molecular weight excluding hydrogens is 303 g/mol. The molecule has 6 heteroatoms. The van der Waals surface area contributed by atoms with E-state index in [4.69, 9.17) is 0 Å². The van der Waals surface area contributed by atoms with Gasteiger partial charge in [0.25, 0.3) is 5.91 Å². The van der Waals surface area contributed by atoms with Crippen molar-refractivity contribution in [3.8, 4) is 0 Å². The molecule has 0 bridgehead atoms. The molecule has 1 unspecified atom stereocenters. The van der Waals surface area contributed by atoms with Crippen LogP contribution < -0.4 is 5.32 Å². The van der Waals surface area contributed by atoms with Gasteiger partial charge in [-0.25, -0.2) is 4.39 Å². The number of aliphatic hydroxyl groups excluding tert-OH is 1. The van der Waals surface area contributed by atoms with E-state index >= 15 is 0 Å². The Morgan fingerprint density at radius 3 is 2.82 bits per heavy atom. The molecule has 0 saturated carbocycles. The number of nitrogens with one attached hydrogen (secondary N) is 1. The summed E-state index contributed by atoms with van der Waals surface area (Å²) >= 11 is 1.22. The average Bonchev–Trinajstić information content (AvgIpc) is 2.96. The Morgan fingerprint density at radius 1 is 1.27 bits per heavy atom. The summed E-state index contributed by atoms with van der Waals surface area (Å²) in [5.41, 5.74) is 0.689. The molecule has 4 nitrogen and oxygen atoms in total. The number of nitrogens with zero attached hydrogens (tertiary/aromatic N) is 1. The maximum absolute atomic E-state index is 13.2. The van der Waals surface area contributed by atoms with Crippen LogP contribution in [-0.4, -0.2) is 22.5 Å². The number of thiophene rings is 1. The molecule has 3 rings (SSSR count). The summed E-state index contributed by atoms with van der Waals surface area (Å²) in [6.45, 7) is 0.103. The molecular formula is C16H13FN2O2S. The molecule has 0 aliphatic rings. The Bertz CT molecular complexity index is 804. The first kappa shape index (κ1) is 14.6. The minimum absolute atomic E-state index is 0.103. The highest BCUT2D eigenvalue weighted by molar-refractivity contribution is 7.20. The van der Waals surface area contributed by atoms with Gasteiger partial charge in [0.15, 0.2) is 0 Å². The van der Waals surface area contributed by atoms with Crippen molar-refractivity contribution in [2.24, 2.45) is 0 Å². The summed E-state index contributed by atoms with van der Waals surface area (Å²) in [6, 6.07) is 9.52. The number of rotatable bonds is 4. The van der Waals surface area contributed by atoms with E-state index in [0.717, 1.165) is 10.1 Å². The lowest BCUT2D eigenvalue weighted by Crippen LogP contribution is -2.27. The quantitative estimate of drug-likeness (QED) is 0.778. The first-order valence-corrected chi connectivity index (χ1v) is 7.50. The summed E-state index contributed by atoms with van der Waals surface area (Å²) in [7, 11) is 0. The van der Waals surface area contributed by atoms with Crippen molar-refractivity contribution in [2.75, 3.05) is 6.54 Å². The molecule has 1 amide bonds. The maximum atomic E-state index is 13.2. The van der Waals surface area contributed by atoms with E-state index < -0.39 is 6.10 Å². The number of hydrogen-bond donors (Lipinski definition) is 2. The zero-order valence-electron chi connectivity index (χ0n) is 11.5. The van der Waals surface area contributed by atoms with Crippen LogP contribution in [0.3, 0.4) is 0 Å². The number of carbonyl (C=O) groups excluding carboxylic acids is 1. The lowest BCUT2D eigenvalue weighted by Gasteiger charge is -2.11. The first-order valence-electron chi connectivity index (χ1n) is 6.69. The number of fused-ring (bicyclic) bond motifs is 1. The number of pyridine rings is 1. The normalized spacial score (nSPS) is 12.3. The number of amides is 1. The number of aromatic nitrogens is 1. The predicted molar refractivity (Wildman–Crippen MR) is 83.3 cm³/mol. The third-order valence-electron chi connectivity index (χ3n) is 3.25. The van der Waals surface area contributed by atoms with E-state index in [2.05, 4.69) is 10.3 Å². The van der Waals surface area contributed by atoms with Crippen LogP contribution in [0.2, 0.25) is 0 Å². The number of halogens is 1. The minimum atomic E-state index is -0.793. The van der Waals surface area contributed by atoms with E-state index in [1.54, 1.807) is 36.7 Å². The summed E-state index contributed by atoms with van der Waals surface area (Å²) in [5.74, 6) is -0.607. The molecule has 0 aliphatic carbocycles. The topological polar surface area (TPSA) is 62.2 Å². The van der Waals surface area contributed by atoms with Crippen LogP contribution in [0.4, 0.5) is 4.39 Å². The number of hydrogen-bond acceptors (Lipinski definition) is 4. The van der Waals surface area contributed by atoms with Gasteiger partial charge >= 0.3 is 0 Å². The Hall–Kier alpha value is -2.31. The predicted octanol–water partition coefficient (Wildman–Crippen LogP) is 2.90. The molecule has 0 saturated heterocycles. The third kappa shape index (κ3) is 3.13. The number of carbonyl (C=O) groups is 1. The maximum Gasteiger partial charge on any atom is 0.261 e. The van der Waals surface area contributed by atoms with Crippen molar-refractivity contribution in [3.05, 3.63) is 65.0 Å². The lowest BCUT2D eigenvalue weighted by atomic mass is 10.1. The van der Waals surface area contributed by atoms with Crippen molar-refractivity contribution in [1.82, 2.24) is 10.3 Å². The fraction of sp³-hybridized carbons (Fsp3) is 0.125. The van der Waals surface area contributed by atoms with Crippen LogP contribution in [0.25, 0.3) is 10.1 Å². The van der Waals surface area contributed by atoms with E-state index in [9.17, 15) is 14.3 Å². The van der Waals surface area contributed by atoms with E-state index in [1.807, 2.05) is 0 Å². The zero-order chi connectivity index (χ0) is 15.5. The van der Waals surface area contributed by atoms with Gasteiger partial charge in [0.2, 0.25) is 0 Å². The smallest absolute Gasteiger partial charge is 0.261 e. The summed E-state index contributed by atoms with van der Waals surface area (Å²) in [5, 5.41) is 13.5. The highest BCUT2D eigenvalue weighted by atomic mass is 32.1. The molecule has 0 fully saturated rings. The molecule has 2 heterocycles. The van der Waals surface area contributed by atoms with Gasteiger partial charge in [-0.1, -0.05) is 6.07 Å². The molecule has 0 radical (unpaired) electrons. The monoisotopic (exact) mass is 316 g/mol. The Kier molecular flexibility index (Phi) is 4.13. The summed E-state index contributed by atoms with van der Waals surface area (Å²) in [6.07, 6.45) is 2.38. The highest BCUT2D eigenvalue weighted by Gasteiger charge is 2.13. The van der Waals surface area contributed by atoms with E-state index in [1.165, 1.54) is 23.5 Å². The van der Waals surface area contributed by atoms with Gasteiger partial charge in [0.1, 0.15) is 5.82 Å². The van der Waals surface area contributed by atoms with Crippen LogP contribution in [0.1, 0.15) is 21.3 Å². The van der Waals surface area contributed by atoms with Crippen LogP contribution >= 0.6 is 11.3 Å². The summed E-state index contributed by atoms with van der Waals surface area (Å²) in [4.78, 5) is 16.5. The first-order chi connectivity index (χ1) is 10.6. The van der Waals surface area contributed by atoms with Gasteiger partial charge in [-0.15, -0.1) is 11.3 Å². The lowest BCUT2D eigenvalue weighted by molar-refractivity contribution is 0.0920. The Balaban J connectivity index is 1.68. The van der Waals surface area contributed by atoms with Gasteiger partial charge in [-0.05, 0) is 41.3 Å². The molecule has 112 valence electrons. The van der Waals surface area contributed by atoms with Crippen molar-refractivity contribution in [1.29, 1.82) is 0 Å². The number of aliphatic hydroxyl groups is 1. The van der Waals surface area contributed by atoms with Gasteiger partial charge < -0.3 is 10.4 Å². The largest absolute Gasteiger partial charge is 0.387 e. The van der Waals surface area contributed by atoms with Crippen LogP contribution in [0.5, 0.6) is 0 Å². The fourth-order valence-electron chi connectivity index (χ4n) is 2.10. The third-order valence-corrected chi connectivity index (χ3v) is 4.35. The molecule has 0 aliphatic heterocycles. The molecule has 0 spiro atoms. The fourth-order valence-corrected chi connectivity index (χ4v) is 3.10. The average molecular weight is 316 g/mol. The molecule has 2 N–H and O–H groups in total. The van der Waals surface area contributed by atoms with Crippen LogP contribution in [0, 0.1) is 5.82 Å². The second kappa shape index (κ2) is 6.21. The second-order valence-electron chi connectivity index (χ2n) is 4.80. The van der Waals surface area contributed by atoms with Gasteiger partial charge in [-0.2, -0.15) is 0 Å². The molecule has 2 aromatic heterocycles. The zero-order valence-corrected chi connectivity index (χ0v) is 12.3. The van der Waals surface area contributed by atoms with Gasteiger partial charge in [0.05, 0.1) is 11.0 Å². The van der Waals surface area contributed by atoms with Crippen molar-refractivity contribution in [2.45, 2.75) is 6.10 Å². The van der Waals surface area contributed by atoms with Crippen molar-refractivity contribution < 1.29 is 14.3 Å². The minimum Gasteiger partial charge on any atom is -0.387 e. The molecule has 3 aromatic rings. The SMILES string of the molecule is O=C(NCC(O)c1ccncc1)c1cc2ccc(F)cc2s1. The standard InChI is InChI=1S/C16H13FN2O2S/c17-12-2-1-11-7-15(22-14(11)8-12)16(21)19-9-13(20)10-3-5-18-6-4-10/h1-8,13,20H,9H2,(H,19,21). The van der Waals surface area contributed by atoms with Crippen LogP contribution in [-0.2, 0) is 0 Å². The molecule has 1 atom stereocenters. The van der Waals surface area contributed by atoms with Gasteiger partial charge in [-0.3, -0.25) is 9.78 Å².